The summed E-state index contributed by atoms with van der Waals surface area (Å²) in [6, 6.07) is 7.81. The Morgan fingerprint density at radius 2 is 2.31 bits per heavy atom. The summed E-state index contributed by atoms with van der Waals surface area (Å²) in [7, 11) is 0. The molecule has 6 nitrogen and oxygen atoms in total. The molecule has 0 aliphatic heterocycles. The molecule has 6 heteroatoms. The average Bonchev–Trinajstić information content (AvgIpc) is 2.81. The van der Waals surface area contributed by atoms with E-state index in [2.05, 4.69) is 5.10 Å². The fourth-order valence-corrected chi connectivity index (χ4v) is 1.34. The summed E-state index contributed by atoms with van der Waals surface area (Å²) >= 11 is 0. The van der Waals surface area contributed by atoms with Crippen LogP contribution < -0.4 is 0 Å². The molecule has 0 N–H and O–H groups in total. The minimum atomic E-state index is -0.578. The van der Waals surface area contributed by atoms with Gasteiger partial charge in [0.1, 0.15) is 11.6 Å². The Morgan fingerprint density at radius 3 is 2.88 bits per heavy atom. The highest BCUT2D eigenvalue weighted by atomic mass is 16.6. The van der Waals surface area contributed by atoms with E-state index in [1.165, 1.54) is 16.8 Å². The van der Waals surface area contributed by atoms with E-state index in [1.807, 2.05) is 0 Å². The third kappa shape index (κ3) is 1.62. The monoisotopic (exact) mass is 214 g/mol. The van der Waals surface area contributed by atoms with Crippen molar-refractivity contribution in [1.29, 1.82) is 5.26 Å². The lowest BCUT2D eigenvalue weighted by molar-refractivity contribution is -0.385. The number of rotatable bonds is 2. The van der Waals surface area contributed by atoms with Gasteiger partial charge < -0.3 is 0 Å². The Balaban J connectivity index is 2.54. The SMILES string of the molecule is N#Cc1cc(-n2cccn2)ccc1[N+](=O)[O-]. The van der Waals surface area contributed by atoms with Gasteiger partial charge in [0.05, 0.1) is 10.6 Å². The van der Waals surface area contributed by atoms with Gasteiger partial charge in [0, 0.05) is 18.5 Å². The molecule has 0 amide bonds. The Morgan fingerprint density at radius 1 is 1.50 bits per heavy atom. The minimum absolute atomic E-state index is 0.0259. The van der Waals surface area contributed by atoms with Gasteiger partial charge in [-0.25, -0.2) is 4.68 Å². The molecule has 1 aromatic heterocycles. The van der Waals surface area contributed by atoms with Crippen molar-refractivity contribution in [3.05, 3.63) is 52.3 Å². The quantitative estimate of drug-likeness (QED) is 0.562. The van der Waals surface area contributed by atoms with Gasteiger partial charge in [-0.2, -0.15) is 10.4 Å². The van der Waals surface area contributed by atoms with Crippen molar-refractivity contribution in [2.24, 2.45) is 0 Å². The van der Waals surface area contributed by atoms with Crippen molar-refractivity contribution < 1.29 is 4.92 Å². The third-order valence-electron chi connectivity index (χ3n) is 2.07. The van der Waals surface area contributed by atoms with E-state index in [0.29, 0.717) is 5.69 Å². The lowest BCUT2D eigenvalue weighted by Gasteiger charge is -2.01. The molecule has 0 bridgehead atoms. The lowest BCUT2D eigenvalue weighted by Crippen LogP contribution is -1.97. The number of benzene rings is 1. The molecule has 0 saturated carbocycles. The molecule has 0 atom stereocenters. The van der Waals surface area contributed by atoms with E-state index in [0.717, 1.165) is 0 Å². The van der Waals surface area contributed by atoms with Crippen LogP contribution in [0.4, 0.5) is 5.69 Å². The number of nitrogens with zero attached hydrogens (tertiary/aromatic N) is 4. The van der Waals surface area contributed by atoms with E-state index < -0.39 is 4.92 Å². The van der Waals surface area contributed by atoms with Crippen LogP contribution in [0.3, 0.4) is 0 Å². The van der Waals surface area contributed by atoms with Crippen LogP contribution in [0.15, 0.2) is 36.7 Å². The van der Waals surface area contributed by atoms with E-state index in [4.69, 9.17) is 5.26 Å². The summed E-state index contributed by atoms with van der Waals surface area (Å²) in [4.78, 5) is 10.0. The second kappa shape index (κ2) is 3.82. The second-order valence-corrected chi connectivity index (χ2v) is 3.02. The second-order valence-electron chi connectivity index (χ2n) is 3.02. The van der Waals surface area contributed by atoms with Crippen molar-refractivity contribution >= 4 is 5.69 Å². The first-order chi connectivity index (χ1) is 7.72. The predicted octanol–water partition coefficient (Wildman–Crippen LogP) is 1.65. The smallest absolute Gasteiger partial charge is 0.258 e. The van der Waals surface area contributed by atoms with Crippen LogP contribution in [-0.2, 0) is 0 Å². The van der Waals surface area contributed by atoms with E-state index in [9.17, 15) is 10.1 Å². The molecule has 2 rings (SSSR count). The van der Waals surface area contributed by atoms with Gasteiger partial charge >= 0.3 is 0 Å². The fourth-order valence-electron chi connectivity index (χ4n) is 1.34. The van der Waals surface area contributed by atoms with Crippen molar-refractivity contribution in [2.75, 3.05) is 0 Å². The molecule has 1 heterocycles. The average molecular weight is 214 g/mol. The van der Waals surface area contributed by atoms with Gasteiger partial charge in [0.2, 0.25) is 0 Å². The van der Waals surface area contributed by atoms with Crippen molar-refractivity contribution in [3.8, 4) is 11.8 Å². The van der Waals surface area contributed by atoms with Crippen LogP contribution in [0.2, 0.25) is 0 Å². The molecule has 0 spiro atoms. The maximum absolute atomic E-state index is 10.6. The van der Waals surface area contributed by atoms with Gasteiger partial charge in [0.25, 0.3) is 5.69 Å². The summed E-state index contributed by atoms with van der Waals surface area (Å²) < 4.78 is 1.53. The normalized spacial score (nSPS) is 9.69. The number of nitro benzene ring substituents is 1. The minimum Gasteiger partial charge on any atom is -0.258 e. The zero-order valence-corrected chi connectivity index (χ0v) is 8.07. The summed E-state index contributed by atoms with van der Waals surface area (Å²) in [6.07, 6.45) is 3.29. The largest absolute Gasteiger partial charge is 0.287 e. The Labute approximate surface area is 90.5 Å². The zero-order valence-electron chi connectivity index (χ0n) is 8.07. The summed E-state index contributed by atoms with van der Waals surface area (Å²) in [6.45, 7) is 0. The topological polar surface area (TPSA) is 84.8 Å². The van der Waals surface area contributed by atoms with Crippen molar-refractivity contribution in [2.45, 2.75) is 0 Å². The molecule has 0 unspecified atom stereocenters. The number of nitro groups is 1. The highest BCUT2D eigenvalue weighted by Crippen LogP contribution is 2.20. The van der Waals surface area contributed by atoms with Gasteiger partial charge in [-0.05, 0) is 18.2 Å². The number of hydrogen-bond acceptors (Lipinski definition) is 4. The standard InChI is InChI=1S/C10H6N4O2/c11-7-8-6-9(13-5-1-4-12-13)2-3-10(8)14(15)16/h1-6H. The first-order valence-electron chi connectivity index (χ1n) is 4.41. The summed E-state index contributed by atoms with van der Waals surface area (Å²) in [5, 5.41) is 23.4. The van der Waals surface area contributed by atoms with Crippen LogP contribution in [0.1, 0.15) is 5.56 Å². The Hall–Kier alpha value is -2.68. The maximum Gasteiger partial charge on any atom is 0.287 e. The first-order valence-corrected chi connectivity index (χ1v) is 4.41. The van der Waals surface area contributed by atoms with E-state index in [1.54, 1.807) is 30.6 Å². The van der Waals surface area contributed by atoms with Crippen LogP contribution >= 0.6 is 0 Å². The molecular formula is C10H6N4O2. The van der Waals surface area contributed by atoms with Gasteiger partial charge in [-0.1, -0.05) is 0 Å². The van der Waals surface area contributed by atoms with E-state index in [-0.39, 0.29) is 11.3 Å². The van der Waals surface area contributed by atoms with Gasteiger partial charge in [-0.15, -0.1) is 0 Å². The fraction of sp³-hybridized carbons (Fsp3) is 0. The predicted molar refractivity (Wildman–Crippen MR) is 54.9 cm³/mol. The number of nitriles is 1. The Bertz CT molecular complexity index is 569. The lowest BCUT2D eigenvalue weighted by atomic mass is 10.2. The van der Waals surface area contributed by atoms with Crippen LogP contribution in [0.5, 0.6) is 0 Å². The van der Waals surface area contributed by atoms with Crippen LogP contribution in [0, 0.1) is 21.4 Å². The van der Waals surface area contributed by atoms with Crippen molar-refractivity contribution in [1.82, 2.24) is 9.78 Å². The van der Waals surface area contributed by atoms with Gasteiger partial charge in [0.15, 0.2) is 0 Å². The highest BCUT2D eigenvalue weighted by Gasteiger charge is 2.14. The molecule has 0 saturated heterocycles. The molecular weight excluding hydrogens is 208 g/mol. The molecule has 0 aliphatic carbocycles. The molecule has 0 radical (unpaired) electrons. The van der Waals surface area contributed by atoms with E-state index >= 15 is 0 Å². The highest BCUT2D eigenvalue weighted by molar-refractivity contribution is 5.54. The molecule has 0 aliphatic rings. The summed E-state index contributed by atoms with van der Waals surface area (Å²) in [5.74, 6) is 0. The molecule has 1 aromatic carbocycles. The number of aromatic nitrogens is 2. The zero-order chi connectivity index (χ0) is 11.5. The third-order valence-corrected chi connectivity index (χ3v) is 2.07. The first kappa shape index (κ1) is 9.86. The van der Waals surface area contributed by atoms with Crippen molar-refractivity contribution in [3.63, 3.8) is 0 Å². The van der Waals surface area contributed by atoms with Crippen LogP contribution in [0.25, 0.3) is 5.69 Å². The Kier molecular flexibility index (Phi) is 2.36. The van der Waals surface area contributed by atoms with Gasteiger partial charge in [-0.3, -0.25) is 10.1 Å². The number of hydrogen-bond donors (Lipinski definition) is 0. The molecule has 78 valence electrons. The van der Waals surface area contributed by atoms with Crippen LogP contribution in [-0.4, -0.2) is 14.7 Å². The maximum atomic E-state index is 10.6. The summed E-state index contributed by atoms with van der Waals surface area (Å²) in [5.41, 5.74) is 0.448. The molecule has 2 aromatic rings. The molecule has 16 heavy (non-hydrogen) atoms. The molecule has 0 fully saturated rings.